The van der Waals surface area contributed by atoms with Gasteiger partial charge in [0.25, 0.3) is 0 Å². The molecule has 0 spiro atoms. The lowest BCUT2D eigenvalue weighted by Crippen LogP contribution is -2.43. The highest BCUT2D eigenvalue weighted by molar-refractivity contribution is 5.79. The quantitative estimate of drug-likeness (QED) is 0.384. The van der Waals surface area contributed by atoms with Crippen LogP contribution in [0.3, 0.4) is 0 Å². The first-order chi connectivity index (χ1) is 18.1. The number of rotatable bonds is 6. The van der Waals surface area contributed by atoms with E-state index in [1.54, 1.807) is 0 Å². The smallest absolute Gasteiger partial charge is 0.108 e. The van der Waals surface area contributed by atoms with Gasteiger partial charge in [-0.25, -0.2) is 0 Å². The van der Waals surface area contributed by atoms with Gasteiger partial charge in [-0.05, 0) is 69.7 Å². The molecule has 2 unspecified atom stereocenters. The number of pyridine rings is 2. The van der Waals surface area contributed by atoms with E-state index in [-0.39, 0.29) is 6.04 Å². The molecule has 37 heavy (non-hydrogen) atoms. The summed E-state index contributed by atoms with van der Waals surface area (Å²) in [5, 5.41) is 9.77. The summed E-state index contributed by atoms with van der Waals surface area (Å²) >= 11 is 0. The first kappa shape index (κ1) is 23.0. The van der Waals surface area contributed by atoms with Crippen LogP contribution in [-0.2, 0) is 4.74 Å². The van der Waals surface area contributed by atoms with Crippen LogP contribution < -0.4 is 0 Å². The Balaban J connectivity index is 1.17. The molecule has 4 aromatic rings. The number of nitrogens with zero attached hydrogens (tertiary/aromatic N) is 7. The molecule has 0 radical (unpaired) electrons. The fourth-order valence-electron chi connectivity index (χ4n) is 6.83. The minimum atomic E-state index is 0.0183. The van der Waals surface area contributed by atoms with E-state index in [0.717, 1.165) is 72.2 Å². The molecule has 5 heterocycles. The van der Waals surface area contributed by atoms with Gasteiger partial charge in [-0.15, -0.1) is 0 Å². The van der Waals surface area contributed by atoms with Crippen LogP contribution in [0, 0.1) is 11.8 Å². The van der Waals surface area contributed by atoms with E-state index in [9.17, 15) is 0 Å². The summed E-state index contributed by atoms with van der Waals surface area (Å²) in [6, 6.07) is 11.6. The van der Waals surface area contributed by atoms with Gasteiger partial charge in [-0.1, -0.05) is 6.07 Å². The second-order valence-corrected chi connectivity index (χ2v) is 11.3. The average molecular weight is 498 g/mol. The van der Waals surface area contributed by atoms with E-state index in [1.165, 1.54) is 18.5 Å². The molecule has 5 atom stereocenters. The molecule has 2 saturated carbocycles. The summed E-state index contributed by atoms with van der Waals surface area (Å²) in [7, 11) is 0. The standard InChI is InChI=1S/C29H35N7O/c1-18(2)35-28(29-22-13-21(14-23(22)29)34-8-10-37-11-9-34)15-25(33-35)20-12-27-26(31-16-20)17-32-36(27)19(3)24-6-4-5-7-30-24/h4-7,12,15-19,21-23,29H,8-11,13-14H2,1-3H3/t19-,21?,22-,23+,29?/m0/s1. The molecule has 7 rings (SSSR count). The van der Waals surface area contributed by atoms with Gasteiger partial charge in [0.1, 0.15) is 5.52 Å². The van der Waals surface area contributed by atoms with Crippen molar-refractivity contribution in [3.8, 4) is 11.3 Å². The molecule has 192 valence electrons. The van der Waals surface area contributed by atoms with Crippen LogP contribution in [0.5, 0.6) is 0 Å². The van der Waals surface area contributed by atoms with Crippen molar-refractivity contribution in [3.05, 3.63) is 60.3 Å². The van der Waals surface area contributed by atoms with Crippen LogP contribution in [0.4, 0.5) is 0 Å². The van der Waals surface area contributed by atoms with Gasteiger partial charge in [0.2, 0.25) is 0 Å². The second-order valence-electron chi connectivity index (χ2n) is 11.3. The second kappa shape index (κ2) is 9.03. The molecule has 2 aliphatic carbocycles. The third kappa shape index (κ3) is 3.97. The number of hydrogen-bond donors (Lipinski definition) is 0. The lowest BCUT2D eigenvalue weighted by molar-refractivity contribution is 0.0151. The Morgan fingerprint density at radius 2 is 1.76 bits per heavy atom. The molecule has 0 amide bonds. The first-order valence-corrected chi connectivity index (χ1v) is 13.7. The summed E-state index contributed by atoms with van der Waals surface area (Å²) in [5.74, 6) is 2.21. The van der Waals surface area contributed by atoms with Crippen molar-refractivity contribution in [1.82, 2.24) is 34.4 Å². The molecule has 3 aliphatic rings. The summed E-state index contributed by atoms with van der Waals surface area (Å²) in [6.45, 7) is 10.6. The number of morpholine rings is 1. The highest BCUT2D eigenvalue weighted by atomic mass is 16.5. The SMILES string of the molecule is CC(C)n1nc(-c2cnc3cnn([C@@H](C)c4ccccn4)c3c2)cc1C1[C@H]2CC(N3CCOCC3)C[C@@H]12. The Morgan fingerprint density at radius 1 is 0.946 bits per heavy atom. The van der Waals surface area contributed by atoms with Crippen molar-refractivity contribution in [3.63, 3.8) is 0 Å². The predicted octanol–water partition coefficient (Wildman–Crippen LogP) is 4.70. The molecule has 1 aliphatic heterocycles. The maximum atomic E-state index is 5.57. The van der Waals surface area contributed by atoms with Gasteiger partial charge in [0, 0.05) is 54.7 Å². The van der Waals surface area contributed by atoms with E-state index in [0.29, 0.717) is 12.0 Å². The number of hydrogen-bond acceptors (Lipinski definition) is 6. The third-order valence-electron chi connectivity index (χ3n) is 8.80. The zero-order valence-electron chi connectivity index (χ0n) is 21.9. The van der Waals surface area contributed by atoms with Crippen molar-refractivity contribution in [2.75, 3.05) is 26.3 Å². The summed E-state index contributed by atoms with van der Waals surface area (Å²) < 4.78 is 9.86. The molecule has 8 nitrogen and oxygen atoms in total. The van der Waals surface area contributed by atoms with E-state index in [1.807, 2.05) is 41.5 Å². The highest BCUT2D eigenvalue weighted by Crippen LogP contribution is 2.64. The van der Waals surface area contributed by atoms with E-state index in [4.69, 9.17) is 14.8 Å². The molecule has 4 aromatic heterocycles. The van der Waals surface area contributed by atoms with E-state index < -0.39 is 0 Å². The van der Waals surface area contributed by atoms with Crippen molar-refractivity contribution < 1.29 is 4.74 Å². The van der Waals surface area contributed by atoms with Gasteiger partial charge < -0.3 is 4.74 Å². The number of ether oxygens (including phenoxy) is 1. The fourth-order valence-corrected chi connectivity index (χ4v) is 6.83. The molecule has 0 bridgehead atoms. The normalized spacial score (nSPS) is 26.6. The van der Waals surface area contributed by atoms with Crippen molar-refractivity contribution in [2.45, 2.75) is 57.7 Å². The Labute approximate surface area is 217 Å². The fraction of sp³-hybridized carbons (Fsp3) is 0.517. The van der Waals surface area contributed by atoms with Crippen LogP contribution >= 0.6 is 0 Å². The van der Waals surface area contributed by atoms with Crippen LogP contribution in [0.1, 0.15) is 63.0 Å². The molecule has 0 aromatic carbocycles. The van der Waals surface area contributed by atoms with Crippen LogP contribution in [0.2, 0.25) is 0 Å². The molecule has 0 N–H and O–H groups in total. The Kier molecular flexibility index (Phi) is 5.62. The zero-order valence-corrected chi connectivity index (χ0v) is 21.9. The number of fused-ring (bicyclic) bond motifs is 2. The summed E-state index contributed by atoms with van der Waals surface area (Å²) in [5.41, 5.74) is 6.33. The maximum absolute atomic E-state index is 5.57. The minimum Gasteiger partial charge on any atom is -0.379 e. The maximum Gasteiger partial charge on any atom is 0.108 e. The Bertz CT molecular complexity index is 1390. The van der Waals surface area contributed by atoms with Gasteiger partial charge in [0.15, 0.2) is 0 Å². The lowest BCUT2D eigenvalue weighted by Gasteiger charge is -2.33. The lowest BCUT2D eigenvalue weighted by atomic mass is 10.0. The topological polar surface area (TPSA) is 73.9 Å². The van der Waals surface area contributed by atoms with Crippen molar-refractivity contribution in [2.24, 2.45) is 11.8 Å². The minimum absolute atomic E-state index is 0.0183. The highest BCUT2D eigenvalue weighted by Gasteiger charge is 2.58. The average Bonchev–Trinajstić information content (AvgIpc) is 3.36. The monoisotopic (exact) mass is 497 g/mol. The van der Waals surface area contributed by atoms with Crippen LogP contribution in [-0.4, -0.2) is 66.8 Å². The van der Waals surface area contributed by atoms with E-state index >= 15 is 0 Å². The predicted molar refractivity (Wildman–Crippen MR) is 142 cm³/mol. The van der Waals surface area contributed by atoms with Gasteiger partial charge in [0.05, 0.1) is 42.4 Å². The molecular formula is C29H35N7O. The third-order valence-corrected chi connectivity index (χ3v) is 8.80. The molecule has 8 heteroatoms. The molecular weight excluding hydrogens is 462 g/mol. The summed E-state index contributed by atoms with van der Waals surface area (Å²) in [6.07, 6.45) is 8.24. The number of aromatic nitrogens is 6. The van der Waals surface area contributed by atoms with Gasteiger partial charge >= 0.3 is 0 Å². The Morgan fingerprint density at radius 3 is 2.49 bits per heavy atom. The van der Waals surface area contributed by atoms with Crippen LogP contribution in [0.25, 0.3) is 22.3 Å². The first-order valence-electron chi connectivity index (χ1n) is 13.7. The zero-order chi connectivity index (χ0) is 25.1. The van der Waals surface area contributed by atoms with Crippen molar-refractivity contribution >= 4 is 11.0 Å². The molecule has 1 saturated heterocycles. The Hall–Kier alpha value is -3.10. The van der Waals surface area contributed by atoms with Crippen molar-refractivity contribution in [1.29, 1.82) is 0 Å². The van der Waals surface area contributed by atoms with E-state index in [2.05, 4.69) is 52.6 Å². The van der Waals surface area contributed by atoms with Gasteiger partial charge in [-0.3, -0.25) is 24.2 Å². The largest absolute Gasteiger partial charge is 0.379 e. The summed E-state index contributed by atoms with van der Waals surface area (Å²) in [4.78, 5) is 11.9. The van der Waals surface area contributed by atoms with Gasteiger partial charge in [-0.2, -0.15) is 10.2 Å². The molecule has 3 fully saturated rings. The van der Waals surface area contributed by atoms with Crippen LogP contribution in [0.15, 0.2) is 48.9 Å².